The Bertz CT molecular complexity index is 459. The van der Waals surface area contributed by atoms with Crippen LogP contribution in [-0.2, 0) is 6.54 Å². The van der Waals surface area contributed by atoms with Crippen LogP contribution in [0.15, 0.2) is 0 Å². The molecule has 2 N–H and O–H groups in total. The van der Waals surface area contributed by atoms with Gasteiger partial charge in [0.1, 0.15) is 5.69 Å². The molecule has 1 aromatic heterocycles. The van der Waals surface area contributed by atoms with Gasteiger partial charge in [-0.25, -0.2) is 4.68 Å². The van der Waals surface area contributed by atoms with Crippen LogP contribution in [-0.4, -0.2) is 44.0 Å². The number of hydrogen-bond donors (Lipinski definition) is 2. The highest BCUT2D eigenvalue weighted by Crippen LogP contribution is 2.28. The van der Waals surface area contributed by atoms with Crippen LogP contribution in [0.25, 0.3) is 0 Å². The molecule has 0 saturated carbocycles. The average Bonchev–Trinajstić information content (AvgIpc) is 2.62. The summed E-state index contributed by atoms with van der Waals surface area (Å²) in [5.41, 5.74) is -0.579. The van der Waals surface area contributed by atoms with Gasteiger partial charge in [0.05, 0.1) is 10.5 Å². The second-order valence-corrected chi connectivity index (χ2v) is 5.51. The van der Waals surface area contributed by atoms with E-state index in [1.54, 1.807) is 18.5 Å². The SMILES string of the molecule is CCn1nc(C)c([N+](=O)[O-])c1NCC(C)(O)CSC. The Morgan fingerprint density at radius 1 is 1.63 bits per heavy atom. The zero-order chi connectivity index (χ0) is 14.6. The third-order valence-electron chi connectivity index (χ3n) is 2.67. The van der Waals surface area contributed by atoms with Gasteiger partial charge in [-0.15, -0.1) is 0 Å². The van der Waals surface area contributed by atoms with Crippen molar-refractivity contribution in [2.24, 2.45) is 0 Å². The maximum Gasteiger partial charge on any atom is 0.333 e. The molecule has 0 aliphatic carbocycles. The van der Waals surface area contributed by atoms with Gasteiger partial charge in [0.15, 0.2) is 0 Å². The number of aliphatic hydroxyl groups is 1. The number of nitrogens with zero attached hydrogens (tertiary/aromatic N) is 3. The van der Waals surface area contributed by atoms with Gasteiger partial charge in [-0.2, -0.15) is 16.9 Å². The summed E-state index contributed by atoms with van der Waals surface area (Å²) in [6.45, 7) is 5.93. The molecule has 0 aliphatic heterocycles. The predicted molar refractivity (Wildman–Crippen MR) is 76.8 cm³/mol. The zero-order valence-electron chi connectivity index (χ0n) is 11.6. The molecule has 0 aromatic carbocycles. The van der Waals surface area contributed by atoms with Gasteiger partial charge in [0.2, 0.25) is 5.82 Å². The first-order chi connectivity index (χ1) is 8.82. The monoisotopic (exact) mass is 288 g/mol. The van der Waals surface area contributed by atoms with Crippen LogP contribution in [0.1, 0.15) is 19.5 Å². The van der Waals surface area contributed by atoms with Gasteiger partial charge in [0.25, 0.3) is 0 Å². The summed E-state index contributed by atoms with van der Waals surface area (Å²) in [5, 5.41) is 28.2. The van der Waals surface area contributed by atoms with Gasteiger partial charge in [-0.1, -0.05) is 0 Å². The molecule has 1 aromatic rings. The number of aryl methyl sites for hydroxylation is 2. The van der Waals surface area contributed by atoms with Gasteiger partial charge >= 0.3 is 5.69 Å². The smallest absolute Gasteiger partial charge is 0.333 e. The maximum absolute atomic E-state index is 11.1. The molecule has 0 fully saturated rings. The van der Waals surface area contributed by atoms with Crippen LogP contribution in [0.5, 0.6) is 0 Å². The van der Waals surface area contributed by atoms with Gasteiger partial charge in [-0.3, -0.25) is 10.1 Å². The second-order valence-electron chi connectivity index (χ2n) is 4.64. The predicted octanol–water partition coefficient (Wildman–Crippen LogP) is 1.65. The van der Waals surface area contributed by atoms with Crippen molar-refractivity contribution in [2.45, 2.75) is 32.9 Å². The number of nitro groups is 1. The summed E-state index contributed by atoms with van der Waals surface area (Å²) in [5.74, 6) is 0.902. The van der Waals surface area contributed by atoms with E-state index in [2.05, 4.69) is 10.4 Å². The largest absolute Gasteiger partial charge is 0.387 e. The number of hydrogen-bond acceptors (Lipinski definition) is 6. The Labute approximate surface area is 116 Å². The highest BCUT2D eigenvalue weighted by atomic mass is 32.2. The van der Waals surface area contributed by atoms with E-state index < -0.39 is 10.5 Å². The van der Waals surface area contributed by atoms with Crippen LogP contribution in [0.2, 0.25) is 0 Å². The van der Waals surface area contributed by atoms with Crippen LogP contribution in [0, 0.1) is 17.0 Å². The van der Waals surface area contributed by atoms with Crippen molar-refractivity contribution in [3.05, 3.63) is 15.8 Å². The van der Waals surface area contributed by atoms with Crippen molar-refractivity contribution < 1.29 is 10.0 Å². The van der Waals surface area contributed by atoms with Crippen LogP contribution < -0.4 is 5.32 Å². The van der Waals surface area contributed by atoms with Crippen molar-refractivity contribution in [3.8, 4) is 0 Å². The first-order valence-electron chi connectivity index (χ1n) is 5.99. The summed E-state index contributed by atoms with van der Waals surface area (Å²) >= 11 is 1.52. The normalized spacial score (nSPS) is 14.2. The van der Waals surface area contributed by atoms with Crippen molar-refractivity contribution in [1.29, 1.82) is 0 Å². The Kier molecular flexibility index (Phi) is 5.19. The van der Waals surface area contributed by atoms with E-state index in [0.717, 1.165) is 0 Å². The van der Waals surface area contributed by atoms with Crippen LogP contribution in [0.3, 0.4) is 0 Å². The summed E-state index contributed by atoms with van der Waals surface area (Å²) < 4.78 is 1.54. The first-order valence-corrected chi connectivity index (χ1v) is 7.38. The van der Waals surface area contributed by atoms with E-state index in [0.29, 0.717) is 23.8 Å². The summed E-state index contributed by atoms with van der Waals surface area (Å²) in [6.07, 6.45) is 1.90. The van der Waals surface area contributed by atoms with E-state index in [4.69, 9.17) is 0 Å². The number of anilines is 1. The Hall–Kier alpha value is -1.28. The Morgan fingerprint density at radius 2 is 2.26 bits per heavy atom. The summed E-state index contributed by atoms with van der Waals surface area (Å²) in [7, 11) is 0. The van der Waals surface area contributed by atoms with Crippen LogP contribution in [0.4, 0.5) is 11.5 Å². The Morgan fingerprint density at radius 3 is 2.74 bits per heavy atom. The fourth-order valence-electron chi connectivity index (χ4n) is 1.83. The lowest BCUT2D eigenvalue weighted by atomic mass is 10.1. The summed E-state index contributed by atoms with van der Waals surface area (Å²) in [6, 6.07) is 0. The molecule has 0 aliphatic rings. The quantitative estimate of drug-likeness (QED) is 0.585. The zero-order valence-corrected chi connectivity index (χ0v) is 12.5. The van der Waals surface area contributed by atoms with E-state index >= 15 is 0 Å². The van der Waals surface area contributed by atoms with Gasteiger partial charge in [0, 0.05) is 18.8 Å². The van der Waals surface area contributed by atoms with Crippen LogP contribution >= 0.6 is 11.8 Å². The number of aromatic nitrogens is 2. The minimum Gasteiger partial charge on any atom is -0.387 e. The molecular formula is C11H20N4O3S. The topological polar surface area (TPSA) is 93.2 Å². The molecular weight excluding hydrogens is 268 g/mol. The molecule has 8 heteroatoms. The molecule has 0 bridgehead atoms. The van der Waals surface area contributed by atoms with Crippen molar-refractivity contribution in [3.63, 3.8) is 0 Å². The third kappa shape index (κ3) is 3.84. The lowest BCUT2D eigenvalue weighted by Gasteiger charge is -2.23. The molecule has 0 spiro atoms. The number of rotatable bonds is 7. The van der Waals surface area contributed by atoms with Crippen molar-refractivity contribution in [1.82, 2.24) is 9.78 Å². The molecule has 1 atom stereocenters. The lowest BCUT2D eigenvalue weighted by molar-refractivity contribution is -0.384. The fraction of sp³-hybridized carbons (Fsp3) is 0.727. The average molecular weight is 288 g/mol. The number of thioether (sulfide) groups is 1. The molecule has 0 amide bonds. The highest BCUT2D eigenvalue weighted by molar-refractivity contribution is 7.98. The first kappa shape index (κ1) is 15.8. The van der Waals surface area contributed by atoms with E-state index in [9.17, 15) is 15.2 Å². The van der Waals surface area contributed by atoms with Crippen molar-refractivity contribution >= 4 is 23.3 Å². The Balaban J connectivity index is 2.96. The molecule has 1 unspecified atom stereocenters. The van der Waals surface area contributed by atoms with E-state index in [1.165, 1.54) is 11.8 Å². The molecule has 19 heavy (non-hydrogen) atoms. The summed E-state index contributed by atoms with van der Waals surface area (Å²) in [4.78, 5) is 10.6. The highest BCUT2D eigenvalue weighted by Gasteiger charge is 2.27. The fourth-order valence-corrected chi connectivity index (χ4v) is 2.55. The minimum absolute atomic E-state index is 0.0261. The molecule has 1 rings (SSSR count). The lowest BCUT2D eigenvalue weighted by Crippen LogP contribution is -2.36. The molecule has 108 valence electrons. The van der Waals surface area contributed by atoms with E-state index in [-0.39, 0.29) is 12.2 Å². The van der Waals surface area contributed by atoms with E-state index in [1.807, 2.05) is 13.2 Å². The van der Waals surface area contributed by atoms with Gasteiger partial charge < -0.3 is 10.4 Å². The second kappa shape index (κ2) is 6.25. The van der Waals surface area contributed by atoms with Crippen molar-refractivity contribution in [2.75, 3.05) is 23.9 Å². The minimum atomic E-state index is -0.927. The van der Waals surface area contributed by atoms with Gasteiger partial charge in [-0.05, 0) is 27.0 Å². The third-order valence-corrected chi connectivity index (χ3v) is 3.58. The molecule has 0 saturated heterocycles. The molecule has 1 heterocycles. The molecule has 0 radical (unpaired) electrons. The number of nitrogens with one attached hydrogen (secondary N) is 1. The molecule has 7 nitrogen and oxygen atoms in total. The maximum atomic E-state index is 11.1. The standard InChI is InChI=1S/C11H20N4O3S/c1-5-14-10(9(15(17)18)8(2)13-14)12-6-11(3,16)7-19-4/h12,16H,5-7H2,1-4H3.